The van der Waals surface area contributed by atoms with Gasteiger partial charge in [-0.25, -0.2) is 0 Å². The molecule has 1 aromatic rings. The molecule has 0 saturated heterocycles. The molecule has 2 atom stereocenters. The SMILES string of the molecule is CCC(C)c1ccc(C(NC)C2(CN)CCC2)cc1. The zero-order valence-electron chi connectivity index (χ0n) is 12.6. The number of benzene rings is 1. The van der Waals surface area contributed by atoms with Gasteiger partial charge in [0.15, 0.2) is 0 Å². The van der Waals surface area contributed by atoms with Gasteiger partial charge >= 0.3 is 0 Å². The Hall–Kier alpha value is -0.860. The van der Waals surface area contributed by atoms with E-state index in [0.29, 0.717) is 12.0 Å². The fraction of sp³-hybridized carbons (Fsp3) is 0.647. The van der Waals surface area contributed by atoms with Crippen LogP contribution < -0.4 is 11.1 Å². The quantitative estimate of drug-likeness (QED) is 0.820. The van der Waals surface area contributed by atoms with Gasteiger partial charge in [-0.2, -0.15) is 0 Å². The molecule has 0 spiro atoms. The number of hydrogen-bond donors (Lipinski definition) is 2. The molecule has 0 radical (unpaired) electrons. The topological polar surface area (TPSA) is 38.0 Å². The first kappa shape index (κ1) is 14.5. The van der Waals surface area contributed by atoms with Crippen molar-refractivity contribution in [2.24, 2.45) is 11.1 Å². The maximum atomic E-state index is 6.04. The molecule has 3 N–H and O–H groups in total. The van der Waals surface area contributed by atoms with Crippen LogP contribution in [0.1, 0.15) is 62.6 Å². The molecule has 1 fully saturated rings. The van der Waals surface area contributed by atoms with Crippen molar-refractivity contribution in [2.75, 3.05) is 13.6 Å². The lowest BCUT2D eigenvalue weighted by Crippen LogP contribution is -2.47. The molecule has 2 heteroatoms. The Labute approximate surface area is 117 Å². The minimum absolute atomic E-state index is 0.284. The molecular weight excluding hydrogens is 232 g/mol. The van der Waals surface area contributed by atoms with Crippen LogP contribution in [0.2, 0.25) is 0 Å². The van der Waals surface area contributed by atoms with E-state index in [-0.39, 0.29) is 5.41 Å². The van der Waals surface area contributed by atoms with Gasteiger partial charge < -0.3 is 11.1 Å². The first-order chi connectivity index (χ1) is 9.16. The third kappa shape index (κ3) is 2.70. The van der Waals surface area contributed by atoms with E-state index in [2.05, 4.69) is 50.5 Å². The highest BCUT2D eigenvalue weighted by molar-refractivity contribution is 5.29. The van der Waals surface area contributed by atoms with Crippen molar-refractivity contribution in [3.8, 4) is 0 Å². The molecule has 2 unspecified atom stereocenters. The average Bonchev–Trinajstić information content (AvgIpc) is 2.42. The van der Waals surface area contributed by atoms with Gasteiger partial charge in [0, 0.05) is 11.5 Å². The predicted octanol–water partition coefficient (Wildman–Crippen LogP) is 3.59. The van der Waals surface area contributed by atoms with Gasteiger partial charge in [-0.1, -0.05) is 44.5 Å². The van der Waals surface area contributed by atoms with E-state index in [1.165, 1.54) is 36.8 Å². The zero-order chi connectivity index (χ0) is 13.9. The van der Waals surface area contributed by atoms with Crippen molar-refractivity contribution < 1.29 is 0 Å². The highest BCUT2D eigenvalue weighted by atomic mass is 14.9. The second kappa shape index (κ2) is 6.06. The van der Waals surface area contributed by atoms with E-state index in [0.717, 1.165) is 6.54 Å². The molecule has 0 bridgehead atoms. The highest BCUT2D eigenvalue weighted by Gasteiger charge is 2.42. The van der Waals surface area contributed by atoms with E-state index in [1.807, 2.05) is 0 Å². The van der Waals surface area contributed by atoms with Crippen LogP contribution in [0.3, 0.4) is 0 Å². The van der Waals surface area contributed by atoms with Crippen LogP contribution in [0.25, 0.3) is 0 Å². The van der Waals surface area contributed by atoms with Crippen LogP contribution in [-0.4, -0.2) is 13.6 Å². The summed E-state index contributed by atoms with van der Waals surface area (Å²) in [5.41, 5.74) is 9.16. The van der Waals surface area contributed by atoms with Crippen molar-refractivity contribution in [1.82, 2.24) is 5.32 Å². The largest absolute Gasteiger partial charge is 0.330 e. The van der Waals surface area contributed by atoms with Crippen LogP contribution in [0.5, 0.6) is 0 Å². The summed E-state index contributed by atoms with van der Waals surface area (Å²) in [5, 5.41) is 3.49. The van der Waals surface area contributed by atoms with Crippen LogP contribution >= 0.6 is 0 Å². The van der Waals surface area contributed by atoms with Crippen molar-refractivity contribution in [2.45, 2.75) is 51.5 Å². The van der Waals surface area contributed by atoms with Crippen molar-refractivity contribution in [3.63, 3.8) is 0 Å². The first-order valence-corrected chi connectivity index (χ1v) is 7.64. The van der Waals surface area contributed by atoms with Crippen LogP contribution in [0, 0.1) is 5.41 Å². The molecule has 1 aliphatic carbocycles. The lowest BCUT2D eigenvalue weighted by molar-refractivity contribution is 0.0879. The third-order valence-electron chi connectivity index (χ3n) is 5.11. The fourth-order valence-corrected chi connectivity index (χ4v) is 3.32. The normalized spacial score (nSPS) is 20.6. The lowest BCUT2D eigenvalue weighted by Gasteiger charge is -2.47. The van der Waals surface area contributed by atoms with E-state index in [4.69, 9.17) is 5.73 Å². The van der Waals surface area contributed by atoms with Crippen molar-refractivity contribution in [1.29, 1.82) is 0 Å². The van der Waals surface area contributed by atoms with Gasteiger partial charge in [-0.3, -0.25) is 0 Å². The molecule has 1 saturated carbocycles. The van der Waals surface area contributed by atoms with Crippen molar-refractivity contribution >= 4 is 0 Å². The molecule has 106 valence electrons. The van der Waals surface area contributed by atoms with E-state index < -0.39 is 0 Å². The summed E-state index contributed by atoms with van der Waals surface area (Å²) in [5.74, 6) is 0.647. The minimum atomic E-state index is 0.284. The summed E-state index contributed by atoms with van der Waals surface area (Å²) in [6.45, 7) is 5.32. The van der Waals surface area contributed by atoms with Gasteiger partial charge in [0.25, 0.3) is 0 Å². The second-order valence-electron chi connectivity index (χ2n) is 6.12. The molecule has 0 heterocycles. The minimum Gasteiger partial charge on any atom is -0.330 e. The maximum Gasteiger partial charge on any atom is 0.0386 e. The summed E-state index contributed by atoms with van der Waals surface area (Å²) in [4.78, 5) is 0. The third-order valence-corrected chi connectivity index (χ3v) is 5.11. The van der Waals surface area contributed by atoms with Crippen LogP contribution in [-0.2, 0) is 0 Å². The van der Waals surface area contributed by atoms with Gasteiger partial charge in [-0.05, 0) is 49.9 Å². The summed E-state index contributed by atoms with van der Waals surface area (Å²) in [6, 6.07) is 9.56. The second-order valence-corrected chi connectivity index (χ2v) is 6.12. The molecule has 2 rings (SSSR count). The number of hydrogen-bond acceptors (Lipinski definition) is 2. The molecule has 0 aromatic heterocycles. The standard InChI is InChI=1S/C17H28N2/c1-4-13(2)14-6-8-15(9-7-14)16(19-3)17(12-18)10-5-11-17/h6-9,13,16,19H,4-5,10-12,18H2,1-3H3. The molecule has 0 amide bonds. The Morgan fingerprint density at radius 1 is 1.21 bits per heavy atom. The average molecular weight is 260 g/mol. The smallest absolute Gasteiger partial charge is 0.0386 e. The summed E-state index contributed by atoms with van der Waals surface area (Å²) < 4.78 is 0. The summed E-state index contributed by atoms with van der Waals surface area (Å²) in [6.07, 6.45) is 5.02. The zero-order valence-corrected chi connectivity index (χ0v) is 12.6. The molecule has 0 aliphatic heterocycles. The van der Waals surface area contributed by atoms with Crippen LogP contribution in [0.4, 0.5) is 0 Å². The molecule has 1 aromatic carbocycles. The van der Waals surface area contributed by atoms with Gasteiger partial charge in [-0.15, -0.1) is 0 Å². The van der Waals surface area contributed by atoms with E-state index >= 15 is 0 Å². The van der Waals surface area contributed by atoms with E-state index in [1.54, 1.807) is 0 Å². The molecule has 19 heavy (non-hydrogen) atoms. The molecule has 1 aliphatic rings. The molecule has 2 nitrogen and oxygen atoms in total. The lowest BCUT2D eigenvalue weighted by atomic mass is 9.62. The Balaban J connectivity index is 2.19. The molecular formula is C17H28N2. The number of nitrogens with one attached hydrogen (secondary N) is 1. The summed E-state index contributed by atoms with van der Waals surface area (Å²) >= 11 is 0. The van der Waals surface area contributed by atoms with E-state index in [9.17, 15) is 0 Å². The Bertz CT molecular complexity index is 387. The monoisotopic (exact) mass is 260 g/mol. The highest BCUT2D eigenvalue weighted by Crippen LogP contribution is 2.49. The predicted molar refractivity (Wildman–Crippen MR) is 82.3 cm³/mol. The van der Waals surface area contributed by atoms with Crippen LogP contribution in [0.15, 0.2) is 24.3 Å². The Kier molecular flexibility index (Phi) is 4.64. The number of rotatable bonds is 6. The first-order valence-electron chi connectivity index (χ1n) is 7.64. The fourth-order valence-electron chi connectivity index (χ4n) is 3.32. The van der Waals surface area contributed by atoms with Gasteiger partial charge in [0.2, 0.25) is 0 Å². The Morgan fingerprint density at radius 3 is 2.16 bits per heavy atom. The maximum absolute atomic E-state index is 6.04. The number of nitrogens with two attached hydrogens (primary N) is 1. The van der Waals surface area contributed by atoms with Gasteiger partial charge in [0.1, 0.15) is 0 Å². The van der Waals surface area contributed by atoms with Gasteiger partial charge in [0.05, 0.1) is 0 Å². The summed E-state index contributed by atoms with van der Waals surface area (Å²) in [7, 11) is 2.06. The van der Waals surface area contributed by atoms with Crippen molar-refractivity contribution in [3.05, 3.63) is 35.4 Å². The Morgan fingerprint density at radius 2 is 1.79 bits per heavy atom.